The Labute approximate surface area is 138 Å². The van der Waals surface area contributed by atoms with E-state index in [9.17, 15) is 4.79 Å². The van der Waals surface area contributed by atoms with E-state index in [-0.39, 0.29) is 0 Å². The van der Waals surface area contributed by atoms with Crippen LogP contribution in [0, 0.1) is 17.8 Å². The second kappa shape index (κ2) is 12.7. The van der Waals surface area contributed by atoms with Crippen LogP contribution in [-0.4, -0.2) is 11.1 Å². The maximum atomic E-state index is 10.5. The molecule has 0 saturated heterocycles. The monoisotopic (exact) mass is 310 g/mol. The van der Waals surface area contributed by atoms with Gasteiger partial charge in [0.15, 0.2) is 0 Å². The predicted octanol–water partition coefficient (Wildman–Crippen LogP) is 6.46. The molecule has 0 spiro atoms. The van der Waals surface area contributed by atoms with E-state index in [1.165, 1.54) is 51.0 Å². The van der Waals surface area contributed by atoms with Crippen molar-refractivity contribution in [1.29, 1.82) is 0 Å². The number of allylic oxidation sites excluding steroid dienone is 1. The lowest BCUT2D eigenvalue weighted by Crippen LogP contribution is -2.00. The zero-order chi connectivity index (χ0) is 17.0. The van der Waals surface area contributed by atoms with E-state index < -0.39 is 5.97 Å². The SMILES string of the molecule is C/C(=C/C(=O)O)CCCC(C)CCCC(C)CCCC(C)C. The molecule has 0 fully saturated rings. The van der Waals surface area contributed by atoms with Crippen LogP contribution in [-0.2, 0) is 4.79 Å². The van der Waals surface area contributed by atoms with Gasteiger partial charge in [0.05, 0.1) is 0 Å². The molecule has 0 saturated carbocycles. The van der Waals surface area contributed by atoms with Crippen molar-refractivity contribution in [2.24, 2.45) is 17.8 Å². The minimum Gasteiger partial charge on any atom is -0.478 e. The summed E-state index contributed by atoms with van der Waals surface area (Å²) in [6.07, 6.45) is 12.7. The molecule has 22 heavy (non-hydrogen) atoms. The summed E-state index contributed by atoms with van der Waals surface area (Å²) in [5, 5.41) is 8.68. The lowest BCUT2D eigenvalue weighted by molar-refractivity contribution is -0.131. The van der Waals surface area contributed by atoms with Crippen molar-refractivity contribution in [2.75, 3.05) is 0 Å². The first-order valence-electron chi connectivity index (χ1n) is 9.21. The molecule has 2 nitrogen and oxygen atoms in total. The second-order valence-corrected chi connectivity index (χ2v) is 7.69. The molecular formula is C20H38O2. The van der Waals surface area contributed by atoms with Gasteiger partial charge in [-0.3, -0.25) is 0 Å². The summed E-state index contributed by atoms with van der Waals surface area (Å²) in [6, 6.07) is 0. The van der Waals surface area contributed by atoms with E-state index in [1.54, 1.807) is 0 Å². The highest BCUT2D eigenvalue weighted by Gasteiger charge is 2.06. The van der Waals surface area contributed by atoms with Crippen molar-refractivity contribution >= 4 is 5.97 Å². The summed E-state index contributed by atoms with van der Waals surface area (Å²) >= 11 is 0. The van der Waals surface area contributed by atoms with Crippen LogP contribution in [0.15, 0.2) is 11.6 Å². The fraction of sp³-hybridized carbons (Fsp3) is 0.850. The fourth-order valence-electron chi connectivity index (χ4n) is 2.99. The molecule has 0 heterocycles. The van der Waals surface area contributed by atoms with Crippen LogP contribution in [0.25, 0.3) is 0 Å². The Kier molecular flexibility index (Phi) is 12.3. The Morgan fingerprint density at radius 3 is 1.77 bits per heavy atom. The molecule has 2 atom stereocenters. The lowest BCUT2D eigenvalue weighted by atomic mass is 9.91. The molecule has 0 aromatic rings. The Bertz CT molecular complexity index is 318. The zero-order valence-corrected chi connectivity index (χ0v) is 15.5. The van der Waals surface area contributed by atoms with E-state index in [0.717, 1.165) is 36.2 Å². The molecule has 0 aliphatic rings. The second-order valence-electron chi connectivity index (χ2n) is 7.69. The van der Waals surface area contributed by atoms with E-state index in [1.807, 2.05) is 6.92 Å². The van der Waals surface area contributed by atoms with Crippen molar-refractivity contribution < 1.29 is 9.90 Å². The number of carboxylic acids is 1. The summed E-state index contributed by atoms with van der Waals surface area (Å²) in [7, 11) is 0. The van der Waals surface area contributed by atoms with Crippen LogP contribution >= 0.6 is 0 Å². The van der Waals surface area contributed by atoms with Gasteiger partial charge < -0.3 is 5.11 Å². The van der Waals surface area contributed by atoms with E-state index in [4.69, 9.17) is 5.11 Å². The third-order valence-corrected chi connectivity index (χ3v) is 4.51. The van der Waals surface area contributed by atoms with Gasteiger partial charge in [0, 0.05) is 6.08 Å². The van der Waals surface area contributed by atoms with Gasteiger partial charge in [-0.1, -0.05) is 78.2 Å². The molecule has 0 aromatic heterocycles. The summed E-state index contributed by atoms with van der Waals surface area (Å²) in [4.78, 5) is 10.5. The Morgan fingerprint density at radius 1 is 0.864 bits per heavy atom. The normalized spacial score (nSPS) is 15.1. The first-order chi connectivity index (χ1) is 10.3. The minimum atomic E-state index is -0.822. The van der Waals surface area contributed by atoms with Crippen LogP contribution in [0.1, 0.15) is 92.4 Å². The smallest absolute Gasteiger partial charge is 0.328 e. The van der Waals surface area contributed by atoms with Gasteiger partial charge in [-0.15, -0.1) is 0 Å². The maximum Gasteiger partial charge on any atom is 0.328 e. The summed E-state index contributed by atoms with van der Waals surface area (Å²) in [5.41, 5.74) is 0.985. The molecule has 130 valence electrons. The van der Waals surface area contributed by atoms with Gasteiger partial charge in [-0.25, -0.2) is 4.79 Å². The van der Waals surface area contributed by atoms with Gasteiger partial charge in [-0.05, 0) is 37.5 Å². The first kappa shape index (κ1) is 21.2. The maximum absolute atomic E-state index is 10.5. The molecule has 2 heteroatoms. The largest absolute Gasteiger partial charge is 0.478 e. The molecular weight excluding hydrogens is 272 g/mol. The predicted molar refractivity (Wildman–Crippen MR) is 96.1 cm³/mol. The highest BCUT2D eigenvalue weighted by molar-refractivity contribution is 5.80. The Hall–Kier alpha value is -0.790. The van der Waals surface area contributed by atoms with Crippen molar-refractivity contribution in [1.82, 2.24) is 0 Å². The van der Waals surface area contributed by atoms with Gasteiger partial charge in [0.1, 0.15) is 0 Å². The number of hydrogen-bond acceptors (Lipinski definition) is 1. The van der Waals surface area contributed by atoms with Crippen molar-refractivity contribution in [3.63, 3.8) is 0 Å². The summed E-state index contributed by atoms with van der Waals surface area (Å²) < 4.78 is 0. The fourth-order valence-corrected chi connectivity index (χ4v) is 2.99. The molecule has 0 aliphatic carbocycles. The van der Waals surface area contributed by atoms with E-state index >= 15 is 0 Å². The average molecular weight is 311 g/mol. The number of rotatable bonds is 13. The number of carbonyl (C=O) groups is 1. The molecule has 2 unspecified atom stereocenters. The third kappa shape index (κ3) is 14.2. The number of hydrogen-bond donors (Lipinski definition) is 1. The number of carboxylic acid groups (broad SMARTS) is 1. The first-order valence-corrected chi connectivity index (χ1v) is 9.21. The zero-order valence-electron chi connectivity index (χ0n) is 15.5. The van der Waals surface area contributed by atoms with Crippen molar-refractivity contribution in [3.8, 4) is 0 Å². The molecule has 0 aromatic carbocycles. The molecule has 1 N–H and O–H groups in total. The Balaban J connectivity index is 3.60. The molecule has 0 bridgehead atoms. The van der Waals surface area contributed by atoms with Gasteiger partial charge in [0.2, 0.25) is 0 Å². The highest BCUT2D eigenvalue weighted by atomic mass is 16.4. The lowest BCUT2D eigenvalue weighted by Gasteiger charge is -2.15. The summed E-state index contributed by atoms with van der Waals surface area (Å²) in [6.45, 7) is 11.3. The van der Waals surface area contributed by atoms with Crippen molar-refractivity contribution in [3.05, 3.63) is 11.6 Å². The summed E-state index contributed by atoms with van der Waals surface area (Å²) in [5.74, 6) is 1.65. The molecule has 0 radical (unpaired) electrons. The molecule has 0 aliphatic heterocycles. The van der Waals surface area contributed by atoms with E-state index in [0.29, 0.717) is 0 Å². The average Bonchev–Trinajstić information content (AvgIpc) is 2.37. The quantitative estimate of drug-likeness (QED) is 0.396. The third-order valence-electron chi connectivity index (χ3n) is 4.51. The van der Waals surface area contributed by atoms with Crippen LogP contribution in [0.4, 0.5) is 0 Å². The van der Waals surface area contributed by atoms with Crippen LogP contribution < -0.4 is 0 Å². The number of aliphatic carboxylic acids is 1. The highest BCUT2D eigenvalue weighted by Crippen LogP contribution is 2.21. The van der Waals surface area contributed by atoms with Crippen molar-refractivity contribution in [2.45, 2.75) is 92.4 Å². The standard InChI is InChI=1S/C20H38O2/c1-16(2)9-6-10-17(3)11-7-12-18(4)13-8-14-19(5)15-20(21)22/h15-18H,6-14H2,1-5H3,(H,21,22)/b19-15-. The van der Waals surface area contributed by atoms with Crippen LogP contribution in [0.3, 0.4) is 0 Å². The van der Waals surface area contributed by atoms with Crippen LogP contribution in [0.2, 0.25) is 0 Å². The molecule has 0 rings (SSSR count). The Morgan fingerprint density at radius 2 is 1.32 bits per heavy atom. The topological polar surface area (TPSA) is 37.3 Å². The van der Waals surface area contributed by atoms with Gasteiger partial charge in [0.25, 0.3) is 0 Å². The minimum absolute atomic E-state index is 0.764. The van der Waals surface area contributed by atoms with E-state index in [2.05, 4.69) is 27.7 Å². The van der Waals surface area contributed by atoms with Gasteiger partial charge in [-0.2, -0.15) is 0 Å². The van der Waals surface area contributed by atoms with Gasteiger partial charge >= 0.3 is 5.97 Å². The molecule has 0 amide bonds. The van der Waals surface area contributed by atoms with Crippen LogP contribution in [0.5, 0.6) is 0 Å².